The maximum atomic E-state index is 14.6. The van der Waals surface area contributed by atoms with Crippen molar-refractivity contribution in [3.8, 4) is 11.3 Å². The third-order valence-corrected chi connectivity index (χ3v) is 8.61. The molecule has 214 valence electrons. The van der Waals surface area contributed by atoms with E-state index in [1.165, 1.54) is 6.07 Å². The summed E-state index contributed by atoms with van der Waals surface area (Å²) in [7, 11) is -4.37. The van der Waals surface area contributed by atoms with Crippen LogP contribution in [0.5, 0.6) is 0 Å². The topological polar surface area (TPSA) is 93.1 Å². The highest BCUT2D eigenvalue weighted by atomic mass is 32.2. The van der Waals surface area contributed by atoms with Crippen LogP contribution >= 0.6 is 0 Å². The summed E-state index contributed by atoms with van der Waals surface area (Å²) in [5.41, 5.74) is 0.172. The molecule has 3 atom stereocenters. The minimum absolute atomic E-state index is 0.0124. The minimum Gasteiger partial charge on any atom is -0.298 e. The van der Waals surface area contributed by atoms with Crippen LogP contribution in [0.3, 0.4) is 0 Å². The summed E-state index contributed by atoms with van der Waals surface area (Å²) in [6, 6.07) is 3.99. The summed E-state index contributed by atoms with van der Waals surface area (Å²) in [4.78, 5) is 23.5. The zero-order valence-electron chi connectivity index (χ0n) is 21.1. The standard InChI is InChI=1S/C26H24F6N4O3S/c1-2-15-9-19(28)14-36(40(38,39)20-6-4-18(27)5-7-20)24(15)23(37)8-3-16-10-22(33-13-21(16)29)17-11-34-25(35-12-17)26(30,31)32/h4-7,10-13,15,19,24H,2-3,8-9,14H2,1H3/t15-,19-,24?/m1/s1. The first-order valence-corrected chi connectivity index (χ1v) is 13.7. The highest BCUT2D eigenvalue weighted by Gasteiger charge is 2.45. The molecule has 4 rings (SSSR count). The fraction of sp³-hybridized carbons (Fsp3) is 0.385. The molecular weight excluding hydrogens is 562 g/mol. The van der Waals surface area contributed by atoms with Crippen LogP contribution in [-0.2, 0) is 27.4 Å². The Labute approximate surface area is 226 Å². The second-order valence-electron chi connectivity index (χ2n) is 9.40. The molecule has 7 nitrogen and oxygen atoms in total. The van der Waals surface area contributed by atoms with Gasteiger partial charge in [-0.2, -0.15) is 17.5 Å². The van der Waals surface area contributed by atoms with Crippen molar-refractivity contribution in [1.82, 2.24) is 19.3 Å². The van der Waals surface area contributed by atoms with E-state index in [-0.39, 0.29) is 41.0 Å². The van der Waals surface area contributed by atoms with Crippen molar-refractivity contribution in [2.24, 2.45) is 5.92 Å². The van der Waals surface area contributed by atoms with E-state index in [2.05, 4.69) is 15.0 Å². The van der Waals surface area contributed by atoms with Gasteiger partial charge in [0.15, 0.2) is 5.78 Å². The van der Waals surface area contributed by atoms with E-state index in [1.54, 1.807) is 6.92 Å². The molecule has 2 aromatic heterocycles. The summed E-state index contributed by atoms with van der Waals surface area (Å²) < 4.78 is 108. The summed E-state index contributed by atoms with van der Waals surface area (Å²) in [5, 5.41) is 0. The number of pyridine rings is 1. The highest BCUT2D eigenvalue weighted by Crippen LogP contribution is 2.34. The molecule has 0 aliphatic carbocycles. The van der Waals surface area contributed by atoms with Crippen LogP contribution in [0.25, 0.3) is 11.3 Å². The van der Waals surface area contributed by atoms with Crippen molar-refractivity contribution in [3.63, 3.8) is 0 Å². The number of hydrogen-bond donors (Lipinski definition) is 0. The number of carbonyl (C=O) groups excluding carboxylic acids is 1. The first kappa shape index (κ1) is 29.6. The van der Waals surface area contributed by atoms with E-state index < -0.39 is 64.1 Å². The van der Waals surface area contributed by atoms with Gasteiger partial charge in [0.1, 0.15) is 17.8 Å². The molecule has 0 spiro atoms. The molecule has 0 bridgehead atoms. The second kappa shape index (κ2) is 11.6. The van der Waals surface area contributed by atoms with E-state index in [0.29, 0.717) is 6.42 Å². The van der Waals surface area contributed by atoms with Crippen LogP contribution in [0.4, 0.5) is 26.3 Å². The predicted octanol–water partition coefficient (Wildman–Crippen LogP) is 5.16. The van der Waals surface area contributed by atoms with Crippen LogP contribution in [0, 0.1) is 17.6 Å². The zero-order chi connectivity index (χ0) is 29.2. The lowest BCUT2D eigenvalue weighted by Crippen LogP contribution is -2.55. The second-order valence-corrected chi connectivity index (χ2v) is 11.3. The van der Waals surface area contributed by atoms with E-state index in [9.17, 15) is 39.6 Å². The fourth-order valence-electron chi connectivity index (χ4n) is 4.72. The maximum Gasteiger partial charge on any atom is 0.451 e. The number of Topliss-reactive ketones (excluding diaryl/α,β-unsaturated/α-hetero) is 1. The number of hydrogen-bond acceptors (Lipinski definition) is 6. The Morgan fingerprint density at radius 1 is 1.05 bits per heavy atom. The smallest absolute Gasteiger partial charge is 0.298 e. The van der Waals surface area contributed by atoms with Crippen LogP contribution in [0.1, 0.15) is 37.6 Å². The minimum atomic E-state index is -4.74. The number of aryl methyl sites for hydroxylation is 1. The number of rotatable bonds is 8. The van der Waals surface area contributed by atoms with Gasteiger partial charge in [-0.05, 0) is 54.7 Å². The van der Waals surface area contributed by atoms with Crippen molar-refractivity contribution < 1.29 is 39.6 Å². The van der Waals surface area contributed by atoms with Gasteiger partial charge in [0.25, 0.3) is 0 Å². The first-order chi connectivity index (χ1) is 18.8. The van der Waals surface area contributed by atoms with Crippen molar-refractivity contribution in [3.05, 3.63) is 71.9 Å². The Kier molecular flexibility index (Phi) is 8.59. The number of aromatic nitrogens is 3. The number of alkyl halides is 4. The van der Waals surface area contributed by atoms with Gasteiger partial charge in [-0.25, -0.2) is 31.6 Å². The molecule has 40 heavy (non-hydrogen) atoms. The zero-order valence-corrected chi connectivity index (χ0v) is 21.9. The van der Waals surface area contributed by atoms with Crippen LogP contribution in [0.2, 0.25) is 0 Å². The number of benzene rings is 1. The van der Waals surface area contributed by atoms with Gasteiger partial charge in [0, 0.05) is 30.9 Å². The fourth-order valence-corrected chi connectivity index (χ4v) is 6.42. The van der Waals surface area contributed by atoms with Gasteiger partial charge in [-0.15, -0.1) is 0 Å². The van der Waals surface area contributed by atoms with E-state index in [1.807, 2.05) is 0 Å². The predicted molar refractivity (Wildman–Crippen MR) is 131 cm³/mol. The molecule has 3 aromatic rings. The molecule has 1 aliphatic rings. The molecule has 1 aromatic carbocycles. The third-order valence-electron chi connectivity index (χ3n) is 6.74. The van der Waals surface area contributed by atoms with Gasteiger partial charge >= 0.3 is 6.18 Å². The highest BCUT2D eigenvalue weighted by molar-refractivity contribution is 7.89. The Morgan fingerprint density at radius 2 is 1.70 bits per heavy atom. The number of ketones is 1. The number of carbonyl (C=O) groups is 1. The molecule has 1 aliphatic heterocycles. The molecule has 3 heterocycles. The quantitative estimate of drug-likeness (QED) is 0.339. The number of nitrogens with zero attached hydrogens (tertiary/aromatic N) is 4. The average Bonchev–Trinajstić information content (AvgIpc) is 2.91. The molecule has 0 N–H and O–H groups in total. The summed E-state index contributed by atoms with van der Waals surface area (Å²) >= 11 is 0. The summed E-state index contributed by atoms with van der Waals surface area (Å²) in [5.74, 6) is -3.99. The first-order valence-electron chi connectivity index (χ1n) is 12.3. The van der Waals surface area contributed by atoms with Crippen LogP contribution in [0.15, 0.2) is 53.8 Å². The monoisotopic (exact) mass is 586 g/mol. The molecule has 0 amide bonds. The molecule has 0 radical (unpaired) electrons. The Balaban J connectivity index is 1.57. The van der Waals surface area contributed by atoms with Gasteiger partial charge < -0.3 is 0 Å². The van der Waals surface area contributed by atoms with Crippen molar-refractivity contribution in [1.29, 1.82) is 0 Å². The lowest BCUT2D eigenvalue weighted by atomic mass is 9.84. The number of sulfonamides is 1. The maximum absolute atomic E-state index is 14.6. The molecule has 0 saturated carbocycles. The van der Waals surface area contributed by atoms with Gasteiger partial charge in [-0.1, -0.05) is 13.3 Å². The SMILES string of the molecule is CC[C@@H]1C[C@@H](F)CN(S(=O)(=O)c2ccc(F)cc2)C1C(=O)CCc1cc(-c2cnc(C(F)(F)F)nc2)ncc1F. The number of halogens is 6. The Bertz CT molecular complexity index is 1470. The van der Waals surface area contributed by atoms with Gasteiger partial charge in [0.05, 0.1) is 22.8 Å². The van der Waals surface area contributed by atoms with E-state index in [4.69, 9.17) is 0 Å². The van der Waals surface area contributed by atoms with Crippen molar-refractivity contribution in [2.45, 2.75) is 55.9 Å². The molecule has 1 fully saturated rings. The normalized spacial score (nSPS) is 20.4. The van der Waals surface area contributed by atoms with Crippen molar-refractivity contribution in [2.75, 3.05) is 6.54 Å². The summed E-state index contributed by atoms with van der Waals surface area (Å²) in [6.07, 6.45) is -3.85. The third kappa shape index (κ3) is 6.33. The molecule has 14 heteroatoms. The van der Waals surface area contributed by atoms with Gasteiger partial charge in [0.2, 0.25) is 15.8 Å². The molecule has 1 unspecified atom stereocenters. The number of piperidine rings is 1. The van der Waals surface area contributed by atoms with Crippen LogP contribution < -0.4 is 0 Å². The molecule has 1 saturated heterocycles. The molecular formula is C26H24F6N4O3S. The van der Waals surface area contributed by atoms with Gasteiger partial charge in [-0.3, -0.25) is 9.78 Å². The lowest BCUT2D eigenvalue weighted by molar-refractivity contribution is -0.145. The lowest BCUT2D eigenvalue weighted by Gasteiger charge is -2.40. The van der Waals surface area contributed by atoms with E-state index in [0.717, 1.165) is 47.2 Å². The van der Waals surface area contributed by atoms with Crippen LogP contribution in [-0.4, -0.2) is 52.2 Å². The average molecular weight is 587 g/mol. The van der Waals surface area contributed by atoms with E-state index >= 15 is 0 Å². The Morgan fingerprint density at radius 3 is 2.30 bits per heavy atom. The van der Waals surface area contributed by atoms with Crippen molar-refractivity contribution >= 4 is 15.8 Å². The summed E-state index contributed by atoms with van der Waals surface area (Å²) in [6.45, 7) is 1.14. The largest absolute Gasteiger partial charge is 0.451 e. The Hall–Kier alpha value is -3.39.